The van der Waals surface area contributed by atoms with Crippen molar-refractivity contribution in [3.8, 4) is 0 Å². The SMILES string of the molecule is CN(c1cc(NC(C)(C)CN)ncn1)C1CCC1. The van der Waals surface area contributed by atoms with Crippen LogP contribution >= 0.6 is 0 Å². The first-order valence-corrected chi connectivity index (χ1v) is 6.55. The van der Waals surface area contributed by atoms with E-state index in [1.807, 2.05) is 6.07 Å². The van der Waals surface area contributed by atoms with Crippen molar-refractivity contribution in [2.45, 2.75) is 44.7 Å². The van der Waals surface area contributed by atoms with Crippen LogP contribution in [0.3, 0.4) is 0 Å². The summed E-state index contributed by atoms with van der Waals surface area (Å²) in [5.41, 5.74) is 5.56. The molecule has 5 nitrogen and oxygen atoms in total. The molecule has 5 heteroatoms. The first-order chi connectivity index (χ1) is 8.52. The van der Waals surface area contributed by atoms with E-state index in [0.29, 0.717) is 12.6 Å². The first-order valence-electron chi connectivity index (χ1n) is 6.55. The Balaban J connectivity index is 2.09. The van der Waals surface area contributed by atoms with Gasteiger partial charge in [-0.2, -0.15) is 0 Å². The summed E-state index contributed by atoms with van der Waals surface area (Å²) in [4.78, 5) is 10.8. The molecule has 2 rings (SSSR count). The van der Waals surface area contributed by atoms with Crippen LogP contribution in [0.15, 0.2) is 12.4 Å². The summed E-state index contributed by atoms with van der Waals surface area (Å²) in [6.07, 6.45) is 5.46. The number of hydrogen-bond acceptors (Lipinski definition) is 5. The molecule has 0 aromatic carbocycles. The minimum Gasteiger partial charge on any atom is -0.364 e. The Labute approximate surface area is 109 Å². The van der Waals surface area contributed by atoms with Crippen LogP contribution < -0.4 is 16.0 Å². The van der Waals surface area contributed by atoms with Gasteiger partial charge in [0.25, 0.3) is 0 Å². The molecule has 1 aromatic heterocycles. The maximum Gasteiger partial charge on any atom is 0.134 e. The van der Waals surface area contributed by atoms with Crippen molar-refractivity contribution < 1.29 is 0 Å². The Hall–Kier alpha value is -1.36. The molecular weight excluding hydrogens is 226 g/mol. The van der Waals surface area contributed by atoms with Crippen LogP contribution in [0.4, 0.5) is 11.6 Å². The number of nitrogens with two attached hydrogens (primary N) is 1. The fourth-order valence-corrected chi connectivity index (χ4v) is 1.97. The van der Waals surface area contributed by atoms with Gasteiger partial charge in [0.1, 0.15) is 18.0 Å². The lowest BCUT2D eigenvalue weighted by Gasteiger charge is -2.35. The van der Waals surface area contributed by atoms with E-state index >= 15 is 0 Å². The van der Waals surface area contributed by atoms with Crippen LogP contribution in [0, 0.1) is 0 Å². The third-order valence-corrected chi connectivity index (χ3v) is 3.61. The van der Waals surface area contributed by atoms with Crippen LogP contribution in [0.2, 0.25) is 0 Å². The van der Waals surface area contributed by atoms with Gasteiger partial charge in [-0.25, -0.2) is 9.97 Å². The summed E-state index contributed by atoms with van der Waals surface area (Å²) in [6.45, 7) is 4.68. The Morgan fingerprint density at radius 2 is 2.17 bits per heavy atom. The molecule has 0 unspecified atom stereocenters. The van der Waals surface area contributed by atoms with E-state index in [9.17, 15) is 0 Å². The van der Waals surface area contributed by atoms with Gasteiger partial charge in [0, 0.05) is 31.2 Å². The maximum absolute atomic E-state index is 5.71. The number of aromatic nitrogens is 2. The fraction of sp³-hybridized carbons (Fsp3) is 0.692. The Bertz CT molecular complexity index is 400. The summed E-state index contributed by atoms with van der Waals surface area (Å²) < 4.78 is 0. The highest BCUT2D eigenvalue weighted by Crippen LogP contribution is 2.27. The lowest BCUT2D eigenvalue weighted by atomic mass is 9.92. The molecule has 0 bridgehead atoms. The average Bonchev–Trinajstić information content (AvgIpc) is 2.26. The van der Waals surface area contributed by atoms with Crippen molar-refractivity contribution in [3.63, 3.8) is 0 Å². The highest BCUT2D eigenvalue weighted by Gasteiger charge is 2.23. The van der Waals surface area contributed by atoms with Gasteiger partial charge in [-0.15, -0.1) is 0 Å². The Kier molecular flexibility index (Phi) is 3.71. The van der Waals surface area contributed by atoms with Crippen molar-refractivity contribution in [1.29, 1.82) is 0 Å². The second kappa shape index (κ2) is 5.10. The zero-order chi connectivity index (χ0) is 13.2. The lowest BCUT2D eigenvalue weighted by Crippen LogP contribution is -2.40. The molecule has 1 aromatic rings. The standard InChI is InChI=1S/C13H23N5/c1-13(2,8-14)17-11-7-12(16-9-15-11)18(3)10-5-4-6-10/h7,9-10H,4-6,8,14H2,1-3H3,(H,15,16,17). The highest BCUT2D eigenvalue weighted by molar-refractivity contribution is 5.50. The second-order valence-electron chi connectivity index (χ2n) is 5.67. The summed E-state index contributed by atoms with van der Waals surface area (Å²) in [5, 5.41) is 3.34. The molecule has 1 aliphatic rings. The molecule has 0 spiro atoms. The van der Waals surface area contributed by atoms with Gasteiger partial charge in [0.2, 0.25) is 0 Å². The zero-order valence-electron chi connectivity index (χ0n) is 11.5. The highest BCUT2D eigenvalue weighted by atomic mass is 15.2. The molecule has 1 aliphatic carbocycles. The fourth-order valence-electron chi connectivity index (χ4n) is 1.97. The summed E-state index contributed by atoms with van der Waals surface area (Å²) in [6, 6.07) is 2.63. The van der Waals surface area contributed by atoms with Gasteiger partial charge in [0.15, 0.2) is 0 Å². The van der Waals surface area contributed by atoms with Gasteiger partial charge < -0.3 is 16.0 Å². The number of rotatable bonds is 5. The topological polar surface area (TPSA) is 67.1 Å². The molecule has 0 saturated heterocycles. The van der Waals surface area contributed by atoms with Gasteiger partial charge in [0.05, 0.1) is 0 Å². The van der Waals surface area contributed by atoms with E-state index in [1.165, 1.54) is 19.3 Å². The molecule has 18 heavy (non-hydrogen) atoms. The molecule has 1 heterocycles. The van der Waals surface area contributed by atoms with Crippen molar-refractivity contribution in [1.82, 2.24) is 9.97 Å². The zero-order valence-corrected chi connectivity index (χ0v) is 11.5. The Morgan fingerprint density at radius 1 is 1.44 bits per heavy atom. The molecule has 1 fully saturated rings. The third kappa shape index (κ3) is 2.90. The number of anilines is 2. The number of nitrogens with one attached hydrogen (secondary N) is 1. The van der Waals surface area contributed by atoms with Gasteiger partial charge in [-0.1, -0.05) is 0 Å². The van der Waals surface area contributed by atoms with Crippen molar-refractivity contribution in [2.24, 2.45) is 5.73 Å². The molecule has 1 saturated carbocycles. The average molecular weight is 249 g/mol. The number of hydrogen-bond donors (Lipinski definition) is 2. The number of nitrogens with zero attached hydrogens (tertiary/aromatic N) is 3. The summed E-state index contributed by atoms with van der Waals surface area (Å²) >= 11 is 0. The largest absolute Gasteiger partial charge is 0.364 e. The quantitative estimate of drug-likeness (QED) is 0.830. The molecule has 0 amide bonds. The van der Waals surface area contributed by atoms with Crippen molar-refractivity contribution in [2.75, 3.05) is 23.8 Å². The van der Waals surface area contributed by atoms with E-state index in [-0.39, 0.29) is 5.54 Å². The molecule has 0 radical (unpaired) electrons. The molecule has 0 aliphatic heterocycles. The van der Waals surface area contributed by atoms with Crippen LogP contribution in [0.25, 0.3) is 0 Å². The Morgan fingerprint density at radius 3 is 2.72 bits per heavy atom. The summed E-state index contributed by atoms with van der Waals surface area (Å²) in [7, 11) is 2.10. The first kappa shape index (κ1) is 13.1. The smallest absolute Gasteiger partial charge is 0.134 e. The minimum absolute atomic E-state index is 0.152. The van der Waals surface area contributed by atoms with E-state index in [0.717, 1.165) is 11.6 Å². The van der Waals surface area contributed by atoms with Crippen molar-refractivity contribution in [3.05, 3.63) is 12.4 Å². The predicted octanol–water partition coefficient (Wildman–Crippen LogP) is 1.61. The van der Waals surface area contributed by atoms with Crippen LogP contribution in [0.5, 0.6) is 0 Å². The minimum atomic E-state index is -0.152. The third-order valence-electron chi connectivity index (χ3n) is 3.61. The van der Waals surface area contributed by atoms with E-state index < -0.39 is 0 Å². The van der Waals surface area contributed by atoms with Crippen LogP contribution in [0.1, 0.15) is 33.1 Å². The maximum atomic E-state index is 5.71. The monoisotopic (exact) mass is 249 g/mol. The predicted molar refractivity (Wildman–Crippen MR) is 74.8 cm³/mol. The van der Waals surface area contributed by atoms with Gasteiger partial charge >= 0.3 is 0 Å². The molecule has 0 atom stereocenters. The van der Waals surface area contributed by atoms with E-state index in [4.69, 9.17) is 5.73 Å². The van der Waals surface area contributed by atoms with Crippen molar-refractivity contribution >= 4 is 11.6 Å². The van der Waals surface area contributed by atoms with E-state index in [1.54, 1.807) is 6.33 Å². The molecule has 3 N–H and O–H groups in total. The van der Waals surface area contributed by atoms with Crippen LogP contribution in [-0.2, 0) is 0 Å². The summed E-state index contributed by atoms with van der Waals surface area (Å²) in [5.74, 6) is 1.81. The second-order valence-corrected chi connectivity index (χ2v) is 5.67. The van der Waals surface area contributed by atoms with E-state index in [2.05, 4.69) is 41.1 Å². The van der Waals surface area contributed by atoms with Crippen LogP contribution in [-0.4, -0.2) is 35.1 Å². The van der Waals surface area contributed by atoms with Gasteiger partial charge in [-0.05, 0) is 33.1 Å². The molecule has 100 valence electrons. The molecular formula is C13H23N5. The lowest BCUT2D eigenvalue weighted by molar-refractivity contribution is 0.399. The normalized spacial score (nSPS) is 16.2. The van der Waals surface area contributed by atoms with Gasteiger partial charge in [-0.3, -0.25) is 0 Å².